The van der Waals surface area contributed by atoms with E-state index in [9.17, 15) is 18.0 Å². The first-order chi connectivity index (χ1) is 14.8. The number of sulfone groups is 1. The van der Waals surface area contributed by atoms with Crippen LogP contribution in [0, 0.1) is 5.92 Å². The number of rotatable bonds is 5. The van der Waals surface area contributed by atoms with Gasteiger partial charge in [0.05, 0.1) is 15.9 Å². The fourth-order valence-corrected chi connectivity index (χ4v) is 5.59. The molecule has 2 aromatic carbocycles. The first kappa shape index (κ1) is 21.4. The number of hydrogen-bond donors (Lipinski definition) is 0. The molecule has 0 atom stereocenters. The van der Waals surface area contributed by atoms with Gasteiger partial charge in [0.25, 0.3) is 0 Å². The van der Waals surface area contributed by atoms with Crippen LogP contribution in [-0.2, 0) is 35.1 Å². The number of hydrogen-bond acceptors (Lipinski definition) is 4. The topological polar surface area (TPSA) is 81.4 Å². The van der Waals surface area contributed by atoms with Gasteiger partial charge in [0.1, 0.15) is 5.75 Å². The van der Waals surface area contributed by atoms with Crippen LogP contribution >= 0.6 is 0 Å². The maximum Gasteiger partial charge on any atom is 0.328 e. The average Bonchev–Trinajstić information content (AvgIpc) is 2.98. The lowest BCUT2D eigenvalue weighted by molar-refractivity contribution is -0.129. The van der Waals surface area contributed by atoms with Crippen LogP contribution in [0.4, 0.5) is 0 Å². The van der Waals surface area contributed by atoms with Crippen LogP contribution in [0.2, 0.25) is 0 Å². The van der Waals surface area contributed by atoms with Gasteiger partial charge in [-0.05, 0) is 48.9 Å². The van der Waals surface area contributed by atoms with E-state index in [1.165, 1.54) is 26.8 Å². The zero-order valence-electron chi connectivity index (χ0n) is 17.8. The van der Waals surface area contributed by atoms with Gasteiger partial charge in [-0.25, -0.2) is 13.2 Å². The normalized spacial score (nSPS) is 15.5. The number of carbonyl (C=O) groups excluding carboxylic acids is 1. The molecule has 1 saturated heterocycles. The van der Waals surface area contributed by atoms with Crippen LogP contribution in [-0.4, -0.2) is 47.2 Å². The Bertz CT molecular complexity index is 1270. The summed E-state index contributed by atoms with van der Waals surface area (Å²) in [6.45, 7) is 1.16. The Labute approximate surface area is 181 Å². The van der Waals surface area contributed by atoms with E-state index in [4.69, 9.17) is 0 Å². The van der Waals surface area contributed by atoms with Crippen molar-refractivity contribution >= 4 is 26.8 Å². The maximum absolute atomic E-state index is 12.9. The van der Waals surface area contributed by atoms with Gasteiger partial charge in [-0.1, -0.05) is 30.3 Å². The summed E-state index contributed by atoms with van der Waals surface area (Å²) in [6, 6.07) is 14.9. The zero-order valence-corrected chi connectivity index (χ0v) is 18.6. The molecule has 0 bridgehead atoms. The molecule has 0 N–H and O–H groups in total. The molecule has 0 spiro atoms. The fourth-order valence-electron chi connectivity index (χ4n) is 4.35. The second-order valence-electron chi connectivity index (χ2n) is 8.32. The SMILES string of the molecule is Cn1c(=O)n(C)c2cc(S(=O)(=O)CC(=O)N3CCC(Cc4ccccc4)CC3)ccc21. The number of carbonyl (C=O) groups is 1. The summed E-state index contributed by atoms with van der Waals surface area (Å²) in [6.07, 6.45) is 2.73. The lowest BCUT2D eigenvalue weighted by Gasteiger charge is -2.32. The van der Waals surface area contributed by atoms with Crippen LogP contribution in [0.15, 0.2) is 58.2 Å². The van der Waals surface area contributed by atoms with Gasteiger partial charge in [-0.15, -0.1) is 0 Å². The Kier molecular flexibility index (Phi) is 5.75. The van der Waals surface area contributed by atoms with E-state index in [-0.39, 0.29) is 16.5 Å². The quantitative estimate of drug-likeness (QED) is 0.608. The molecule has 0 unspecified atom stereocenters. The van der Waals surface area contributed by atoms with Crippen LogP contribution in [0.3, 0.4) is 0 Å². The van der Waals surface area contributed by atoms with E-state index < -0.39 is 15.6 Å². The van der Waals surface area contributed by atoms with Gasteiger partial charge in [0.15, 0.2) is 9.84 Å². The summed E-state index contributed by atoms with van der Waals surface area (Å²) in [5, 5.41) is 0. The van der Waals surface area contributed by atoms with Crippen LogP contribution in [0.5, 0.6) is 0 Å². The molecule has 3 aromatic rings. The molecule has 0 saturated carbocycles. The molecule has 31 heavy (non-hydrogen) atoms. The van der Waals surface area contributed by atoms with Crippen molar-refractivity contribution in [3.8, 4) is 0 Å². The molecule has 164 valence electrons. The Hall–Kier alpha value is -2.87. The van der Waals surface area contributed by atoms with E-state index in [1.54, 1.807) is 25.1 Å². The minimum atomic E-state index is -3.80. The smallest absolute Gasteiger partial charge is 0.328 e. The standard InChI is InChI=1S/C23H27N3O4S/c1-24-20-9-8-19(15-21(20)25(2)23(24)28)31(29,30)16-22(27)26-12-10-18(11-13-26)14-17-6-4-3-5-7-17/h3-9,15,18H,10-14,16H2,1-2H3. The maximum atomic E-state index is 12.9. The molecule has 1 amide bonds. The number of likely N-dealkylation sites (tertiary alicyclic amines) is 1. The first-order valence-corrected chi connectivity index (χ1v) is 12.1. The van der Waals surface area contributed by atoms with Crippen LogP contribution < -0.4 is 5.69 Å². The van der Waals surface area contributed by atoms with E-state index in [2.05, 4.69) is 12.1 Å². The van der Waals surface area contributed by atoms with Gasteiger partial charge >= 0.3 is 5.69 Å². The van der Waals surface area contributed by atoms with Crippen molar-refractivity contribution in [2.24, 2.45) is 20.0 Å². The summed E-state index contributed by atoms with van der Waals surface area (Å²) in [4.78, 5) is 26.5. The second kappa shape index (κ2) is 8.34. The molecule has 8 heteroatoms. The van der Waals surface area contributed by atoms with E-state index >= 15 is 0 Å². The summed E-state index contributed by atoms with van der Waals surface area (Å²) in [5.74, 6) is -0.409. The first-order valence-electron chi connectivity index (χ1n) is 10.5. The highest BCUT2D eigenvalue weighted by atomic mass is 32.2. The second-order valence-corrected chi connectivity index (χ2v) is 10.3. The molecule has 0 radical (unpaired) electrons. The minimum Gasteiger partial charge on any atom is -0.342 e. The molecule has 0 aliphatic carbocycles. The average molecular weight is 442 g/mol. The monoisotopic (exact) mass is 441 g/mol. The Morgan fingerprint density at radius 2 is 1.61 bits per heavy atom. The van der Waals surface area contributed by atoms with Crippen molar-refractivity contribution in [1.82, 2.24) is 14.0 Å². The summed E-state index contributed by atoms with van der Waals surface area (Å²) < 4.78 is 28.7. The highest BCUT2D eigenvalue weighted by molar-refractivity contribution is 7.92. The number of fused-ring (bicyclic) bond motifs is 1. The van der Waals surface area contributed by atoms with Gasteiger partial charge in [0, 0.05) is 27.2 Å². The largest absolute Gasteiger partial charge is 0.342 e. The van der Waals surface area contributed by atoms with Crippen molar-refractivity contribution in [2.45, 2.75) is 24.2 Å². The molecule has 1 aliphatic rings. The highest BCUT2D eigenvalue weighted by Gasteiger charge is 2.28. The third-order valence-electron chi connectivity index (χ3n) is 6.25. The summed E-state index contributed by atoms with van der Waals surface area (Å²) in [5.41, 5.74) is 2.25. The molecule has 1 aliphatic heterocycles. The summed E-state index contributed by atoms with van der Waals surface area (Å²) in [7, 11) is -0.553. The predicted molar refractivity (Wildman–Crippen MR) is 120 cm³/mol. The fraction of sp³-hybridized carbons (Fsp3) is 0.391. The Morgan fingerprint density at radius 1 is 0.968 bits per heavy atom. The Morgan fingerprint density at radius 3 is 2.29 bits per heavy atom. The number of nitrogens with zero attached hydrogens (tertiary/aromatic N) is 3. The van der Waals surface area contributed by atoms with Gasteiger partial charge in [0.2, 0.25) is 5.91 Å². The van der Waals surface area contributed by atoms with Gasteiger partial charge in [-0.2, -0.15) is 0 Å². The number of aromatic nitrogens is 2. The highest BCUT2D eigenvalue weighted by Crippen LogP contribution is 2.23. The molecule has 7 nitrogen and oxygen atoms in total. The van der Waals surface area contributed by atoms with E-state index in [0.717, 1.165) is 19.3 Å². The Balaban J connectivity index is 1.42. The zero-order chi connectivity index (χ0) is 22.2. The molecule has 1 aromatic heterocycles. The van der Waals surface area contributed by atoms with Crippen molar-refractivity contribution in [3.63, 3.8) is 0 Å². The molecule has 1 fully saturated rings. The number of aryl methyl sites for hydroxylation is 2. The molecular weight excluding hydrogens is 414 g/mol. The van der Waals surface area contributed by atoms with Crippen LogP contribution in [0.25, 0.3) is 11.0 Å². The minimum absolute atomic E-state index is 0.0634. The number of amides is 1. The molecule has 4 rings (SSSR count). The lowest BCUT2D eigenvalue weighted by atomic mass is 9.90. The molecule has 2 heterocycles. The third kappa shape index (κ3) is 4.30. The van der Waals surface area contributed by atoms with E-state index in [1.807, 2.05) is 18.2 Å². The number of piperidine rings is 1. The van der Waals surface area contributed by atoms with Gasteiger partial charge < -0.3 is 4.90 Å². The third-order valence-corrected chi connectivity index (χ3v) is 7.85. The summed E-state index contributed by atoms with van der Waals surface area (Å²) >= 11 is 0. The van der Waals surface area contributed by atoms with Crippen molar-refractivity contribution in [1.29, 1.82) is 0 Å². The number of benzene rings is 2. The lowest BCUT2D eigenvalue weighted by Crippen LogP contribution is -2.41. The van der Waals surface area contributed by atoms with Crippen molar-refractivity contribution in [2.75, 3.05) is 18.8 Å². The van der Waals surface area contributed by atoms with Crippen LogP contribution in [0.1, 0.15) is 18.4 Å². The number of imidazole rings is 1. The predicted octanol–water partition coefficient (Wildman–Crippen LogP) is 2.13. The molecular formula is C23H27N3O4S. The van der Waals surface area contributed by atoms with E-state index in [0.29, 0.717) is 30.0 Å². The van der Waals surface area contributed by atoms with Crippen molar-refractivity contribution < 1.29 is 13.2 Å². The van der Waals surface area contributed by atoms with Crippen molar-refractivity contribution in [3.05, 3.63) is 64.6 Å². The van der Waals surface area contributed by atoms with Gasteiger partial charge in [-0.3, -0.25) is 13.9 Å².